The van der Waals surface area contributed by atoms with Crippen LogP contribution in [0.25, 0.3) is 10.8 Å². The molecule has 5 nitrogen and oxygen atoms in total. The van der Waals surface area contributed by atoms with Crippen LogP contribution in [-0.2, 0) is 21.2 Å². The van der Waals surface area contributed by atoms with Crippen molar-refractivity contribution in [3.05, 3.63) is 78.4 Å². The van der Waals surface area contributed by atoms with Crippen LogP contribution in [-0.4, -0.2) is 50.4 Å². The molecule has 0 saturated carbocycles. The summed E-state index contributed by atoms with van der Waals surface area (Å²) in [6, 6.07) is 23.7. The summed E-state index contributed by atoms with van der Waals surface area (Å²) < 4.78 is 24.1. The van der Waals surface area contributed by atoms with E-state index in [4.69, 9.17) is 0 Å². The Balaban J connectivity index is 1.54. The van der Waals surface area contributed by atoms with Gasteiger partial charge in [0.2, 0.25) is 5.91 Å². The van der Waals surface area contributed by atoms with Crippen molar-refractivity contribution in [2.45, 2.75) is 19.0 Å². The van der Waals surface area contributed by atoms with Gasteiger partial charge >= 0.3 is 0 Å². The number of nitrogens with zero attached hydrogens (tertiary/aromatic N) is 2. The summed E-state index contributed by atoms with van der Waals surface area (Å²) in [6.07, 6.45) is 0.501. The van der Waals surface area contributed by atoms with Gasteiger partial charge in [0, 0.05) is 25.3 Å². The van der Waals surface area contributed by atoms with Gasteiger partial charge in [-0.1, -0.05) is 60.7 Å². The maximum Gasteiger partial charge on any atom is 0.242 e. The summed E-state index contributed by atoms with van der Waals surface area (Å²) in [5, 5.41) is 2.28. The van der Waals surface area contributed by atoms with Gasteiger partial charge in [0.05, 0.1) is 18.1 Å². The number of fused-ring (bicyclic) bond motifs is 1. The normalized spacial score (nSPS) is 17.7. The molecule has 0 bridgehead atoms. The van der Waals surface area contributed by atoms with Gasteiger partial charge in [-0.15, -0.1) is 0 Å². The first-order valence-corrected chi connectivity index (χ1v) is 12.0. The molecule has 0 radical (unpaired) electrons. The second-order valence-corrected chi connectivity index (χ2v) is 10.2. The molecule has 3 aromatic carbocycles. The number of likely N-dealkylation sites (N-methyl/N-ethyl adjacent to an activating group) is 1. The highest BCUT2D eigenvalue weighted by Crippen LogP contribution is 2.23. The average Bonchev–Trinajstić information content (AvgIpc) is 3.11. The fourth-order valence-electron chi connectivity index (χ4n) is 4.02. The van der Waals surface area contributed by atoms with Crippen molar-refractivity contribution in [2.75, 3.05) is 30.0 Å². The topological polar surface area (TPSA) is 57.7 Å². The summed E-state index contributed by atoms with van der Waals surface area (Å²) >= 11 is 0. The van der Waals surface area contributed by atoms with Crippen molar-refractivity contribution in [1.82, 2.24) is 4.90 Å². The average molecular weight is 423 g/mol. The number of benzene rings is 3. The zero-order valence-corrected chi connectivity index (χ0v) is 17.9. The lowest BCUT2D eigenvalue weighted by atomic mass is 10.1. The van der Waals surface area contributed by atoms with E-state index in [0.717, 1.165) is 22.0 Å². The third-order valence-corrected chi connectivity index (χ3v) is 7.46. The maximum atomic E-state index is 13.3. The number of carbonyl (C=O) groups excluding carboxylic acids is 1. The molecule has 1 heterocycles. The molecule has 30 heavy (non-hydrogen) atoms. The number of hydrogen-bond acceptors (Lipinski definition) is 4. The molecule has 3 aromatic rings. The Morgan fingerprint density at radius 3 is 2.37 bits per heavy atom. The van der Waals surface area contributed by atoms with Gasteiger partial charge < -0.3 is 9.80 Å². The maximum absolute atomic E-state index is 13.3. The predicted octanol–water partition coefficient (Wildman–Crippen LogP) is 3.49. The van der Waals surface area contributed by atoms with Crippen LogP contribution in [0.15, 0.2) is 72.8 Å². The smallest absolute Gasteiger partial charge is 0.242 e. The van der Waals surface area contributed by atoms with Gasteiger partial charge in [-0.25, -0.2) is 8.42 Å². The first-order chi connectivity index (χ1) is 14.4. The zero-order chi connectivity index (χ0) is 21.1. The van der Waals surface area contributed by atoms with Gasteiger partial charge in [-0.05, 0) is 34.9 Å². The van der Waals surface area contributed by atoms with Crippen molar-refractivity contribution in [2.24, 2.45) is 0 Å². The van der Waals surface area contributed by atoms with Crippen LogP contribution in [0, 0.1) is 0 Å². The Morgan fingerprint density at radius 1 is 0.967 bits per heavy atom. The van der Waals surface area contributed by atoms with E-state index < -0.39 is 9.84 Å². The second kappa shape index (κ2) is 8.48. The Kier molecular flexibility index (Phi) is 5.77. The Morgan fingerprint density at radius 2 is 1.67 bits per heavy atom. The minimum absolute atomic E-state index is 0.0469. The molecule has 156 valence electrons. The molecule has 0 aliphatic carbocycles. The molecular weight excluding hydrogens is 396 g/mol. The van der Waals surface area contributed by atoms with Crippen LogP contribution in [0.3, 0.4) is 0 Å². The Bertz CT molecular complexity index is 1150. The first-order valence-electron chi connectivity index (χ1n) is 10.1. The molecule has 1 saturated heterocycles. The van der Waals surface area contributed by atoms with E-state index in [1.807, 2.05) is 60.5 Å². The second-order valence-electron chi connectivity index (χ2n) is 7.95. The van der Waals surface area contributed by atoms with Crippen LogP contribution < -0.4 is 4.90 Å². The highest BCUT2D eigenvalue weighted by Gasteiger charge is 2.34. The van der Waals surface area contributed by atoms with Crippen LogP contribution in [0.4, 0.5) is 5.69 Å². The van der Waals surface area contributed by atoms with E-state index >= 15 is 0 Å². The van der Waals surface area contributed by atoms with E-state index in [1.54, 1.807) is 4.90 Å². The molecule has 4 rings (SSSR count). The number of sulfone groups is 1. The predicted molar refractivity (Wildman–Crippen MR) is 121 cm³/mol. The quantitative estimate of drug-likeness (QED) is 0.610. The van der Waals surface area contributed by atoms with Crippen molar-refractivity contribution >= 4 is 32.2 Å². The first kappa shape index (κ1) is 20.4. The van der Waals surface area contributed by atoms with Crippen molar-refractivity contribution in [3.8, 4) is 0 Å². The lowest BCUT2D eigenvalue weighted by Crippen LogP contribution is -2.45. The summed E-state index contributed by atoms with van der Waals surface area (Å²) in [6.45, 7) is 0.618. The molecule has 1 amide bonds. The van der Waals surface area contributed by atoms with Gasteiger partial charge in [0.1, 0.15) is 0 Å². The number of amides is 1. The van der Waals surface area contributed by atoms with Gasteiger partial charge in [0.25, 0.3) is 0 Å². The largest absolute Gasteiger partial charge is 0.365 e. The minimum atomic E-state index is -3.08. The molecular formula is C24H26N2O3S. The summed E-state index contributed by atoms with van der Waals surface area (Å²) in [5.41, 5.74) is 1.96. The van der Waals surface area contributed by atoms with Crippen molar-refractivity contribution < 1.29 is 13.2 Å². The molecule has 1 aliphatic heterocycles. The molecule has 0 spiro atoms. The highest BCUT2D eigenvalue weighted by atomic mass is 32.2. The standard InChI is InChI=1S/C24H26N2O3S/c1-25(22-12-11-20-9-5-6-10-21(20)15-22)17-24(27)26(16-19-7-3-2-4-8-19)23-13-14-30(28,29)18-23/h2-12,15,23H,13-14,16-18H2,1H3/t23-/m1/s1. The van der Waals surface area contributed by atoms with Gasteiger partial charge in [-0.3, -0.25) is 4.79 Å². The van der Waals surface area contributed by atoms with Crippen LogP contribution in [0.1, 0.15) is 12.0 Å². The van der Waals surface area contributed by atoms with Crippen LogP contribution in [0.5, 0.6) is 0 Å². The number of hydrogen-bond donors (Lipinski definition) is 0. The molecule has 6 heteroatoms. The van der Waals surface area contributed by atoms with Crippen LogP contribution in [0.2, 0.25) is 0 Å². The zero-order valence-electron chi connectivity index (χ0n) is 17.1. The minimum Gasteiger partial charge on any atom is -0.365 e. The van der Waals surface area contributed by atoms with E-state index in [0.29, 0.717) is 13.0 Å². The van der Waals surface area contributed by atoms with Crippen molar-refractivity contribution in [3.63, 3.8) is 0 Å². The summed E-state index contributed by atoms with van der Waals surface area (Å²) in [4.78, 5) is 17.0. The molecule has 0 aromatic heterocycles. The third-order valence-electron chi connectivity index (χ3n) is 5.71. The summed E-state index contributed by atoms with van der Waals surface area (Å²) in [7, 11) is -1.18. The highest BCUT2D eigenvalue weighted by molar-refractivity contribution is 7.91. The Hall–Kier alpha value is -2.86. The van der Waals surface area contributed by atoms with E-state index in [-0.39, 0.29) is 30.0 Å². The van der Waals surface area contributed by atoms with Gasteiger partial charge in [0.15, 0.2) is 9.84 Å². The number of rotatable bonds is 6. The molecule has 0 N–H and O–H groups in total. The molecule has 0 unspecified atom stereocenters. The van der Waals surface area contributed by atoms with Crippen molar-refractivity contribution in [1.29, 1.82) is 0 Å². The third kappa shape index (κ3) is 4.65. The lowest BCUT2D eigenvalue weighted by Gasteiger charge is -2.31. The lowest BCUT2D eigenvalue weighted by molar-refractivity contribution is -0.132. The molecule has 1 fully saturated rings. The number of carbonyl (C=O) groups is 1. The molecule has 1 aliphatic rings. The van der Waals surface area contributed by atoms with E-state index in [1.165, 1.54) is 0 Å². The summed E-state index contributed by atoms with van der Waals surface area (Å²) in [5.74, 6) is 0.138. The van der Waals surface area contributed by atoms with Crippen LogP contribution >= 0.6 is 0 Å². The van der Waals surface area contributed by atoms with E-state index in [2.05, 4.69) is 24.3 Å². The molecule has 1 atom stereocenters. The van der Waals surface area contributed by atoms with E-state index in [9.17, 15) is 13.2 Å². The monoisotopic (exact) mass is 422 g/mol. The SMILES string of the molecule is CN(CC(=O)N(Cc1ccccc1)[C@@H]1CCS(=O)(=O)C1)c1ccc2ccccc2c1. The fourth-order valence-corrected chi connectivity index (χ4v) is 5.75. The number of anilines is 1. The van der Waals surface area contributed by atoms with Gasteiger partial charge in [-0.2, -0.15) is 0 Å². The Labute approximate surface area is 177 Å². The fraction of sp³-hybridized carbons (Fsp3) is 0.292.